The highest BCUT2D eigenvalue weighted by atomic mass is 32.2. The largest absolute Gasteiger partial charge is 0.493 e. The van der Waals surface area contributed by atoms with Crippen LogP contribution in [0.4, 0.5) is 5.82 Å². The molecule has 0 spiro atoms. The lowest BCUT2D eigenvalue weighted by molar-refractivity contribution is 0.356. The van der Waals surface area contributed by atoms with E-state index in [2.05, 4.69) is 19.6 Å². The van der Waals surface area contributed by atoms with Crippen molar-refractivity contribution in [1.82, 2.24) is 14.7 Å². The summed E-state index contributed by atoms with van der Waals surface area (Å²) in [7, 11) is 3.24. The van der Waals surface area contributed by atoms with E-state index >= 15 is 0 Å². The van der Waals surface area contributed by atoms with E-state index in [0.717, 1.165) is 55.5 Å². The van der Waals surface area contributed by atoms with Gasteiger partial charge in [-0.3, -0.25) is 4.55 Å². The first-order valence-electron chi connectivity index (χ1n) is 9.08. The van der Waals surface area contributed by atoms with Crippen LogP contribution in [0.2, 0.25) is 0 Å². The summed E-state index contributed by atoms with van der Waals surface area (Å²) in [5, 5.41) is 0.950. The van der Waals surface area contributed by atoms with Crippen molar-refractivity contribution in [2.75, 3.05) is 38.8 Å². The van der Waals surface area contributed by atoms with Crippen LogP contribution in [-0.4, -0.2) is 52.6 Å². The zero-order chi connectivity index (χ0) is 19.2. The maximum atomic E-state index is 10.7. The highest BCUT2D eigenvalue weighted by Gasteiger charge is 2.20. The van der Waals surface area contributed by atoms with Crippen molar-refractivity contribution in [3.63, 3.8) is 0 Å². The Kier molecular flexibility index (Phi) is 6.81. The van der Waals surface area contributed by atoms with Gasteiger partial charge >= 0.3 is 0 Å². The Bertz CT molecular complexity index is 804. The minimum atomic E-state index is -1.93. The molecule has 1 aliphatic heterocycles. The molecule has 2 unspecified atom stereocenters. The summed E-state index contributed by atoms with van der Waals surface area (Å²) in [5.41, 5.74) is 0.827. The molecule has 2 heterocycles. The van der Waals surface area contributed by atoms with E-state index < -0.39 is 11.3 Å². The van der Waals surface area contributed by atoms with Crippen LogP contribution in [0.15, 0.2) is 18.5 Å². The number of fused-ring (bicyclic) bond motifs is 1. The monoisotopic (exact) mass is 394 g/mol. The Labute approximate surface area is 161 Å². The Morgan fingerprint density at radius 1 is 1.22 bits per heavy atom. The lowest BCUT2D eigenvalue weighted by Gasteiger charge is -2.23. The number of aromatic nitrogens is 2. The second-order valence-electron chi connectivity index (χ2n) is 6.64. The number of ether oxygens (including phenoxy) is 2. The van der Waals surface area contributed by atoms with Crippen molar-refractivity contribution in [3.05, 3.63) is 18.5 Å². The van der Waals surface area contributed by atoms with E-state index in [4.69, 9.17) is 14.0 Å². The van der Waals surface area contributed by atoms with Gasteiger partial charge in [0.15, 0.2) is 11.5 Å². The number of anilines is 1. The molecule has 0 saturated carbocycles. The number of hydrogen-bond acceptors (Lipinski definition) is 6. The standard InChI is InChI=1S/C18H26N4O4S/c1-25-16-10-14-15(11-17(16)26-2)19-12-20-18(14)22-8-3-4-13(6-9-22)5-7-21-27(23)24/h10-13,21H,3-9H2,1-2H3,(H,23,24). The van der Waals surface area contributed by atoms with E-state index in [1.54, 1.807) is 20.5 Å². The van der Waals surface area contributed by atoms with Crippen LogP contribution in [0.1, 0.15) is 25.7 Å². The van der Waals surface area contributed by atoms with Crippen molar-refractivity contribution < 1.29 is 18.2 Å². The molecular weight excluding hydrogens is 368 g/mol. The molecule has 148 valence electrons. The Hall–Kier alpha value is -1.97. The quantitative estimate of drug-likeness (QED) is 0.696. The van der Waals surface area contributed by atoms with Gasteiger partial charge in [0.25, 0.3) is 0 Å². The van der Waals surface area contributed by atoms with Crippen molar-refractivity contribution in [1.29, 1.82) is 0 Å². The molecule has 0 amide bonds. The number of hydrogen-bond donors (Lipinski definition) is 2. The first kappa shape index (κ1) is 19.8. The van der Waals surface area contributed by atoms with E-state index in [-0.39, 0.29) is 0 Å². The summed E-state index contributed by atoms with van der Waals surface area (Å²) in [6.45, 7) is 2.38. The maximum Gasteiger partial charge on any atom is 0.231 e. The van der Waals surface area contributed by atoms with Crippen LogP contribution < -0.4 is 19.1 Å². The van der Waals surface area contributed by atoms with Crippen LogP contribution in [0.5, 0.6) is 11.5 Å². The lowest BCUT2D eigenvalue weighted by Crippen LogP contribution is -2.26. The summed E-state index contributed by atoms with van der Waals surface area (Å²) in [4.78, 5) is 11.2. The third-order valence-electron chi connectivity index (χ3n) is 5.04. The van der Waals surface area contributed by atoms with Gasteiger partial charge in [-0.05, 0) is 37.7 Å². The van der Waals surface area contributed by atoms with Gasteiger partial charge in [0.05, 0.1) is 19.7 Å². The Balaban J connectivity index is 1.78. The zero-order valence-corrected chi connectivity index (χ0v) is 16.5. The van der Waals surface area contributed by atoms with Crippen LogP contribution in [-0.2, 0) is 11.3 Å². The molecule has 9 heteroatoms. The van der Waals surface area contributed by atoms with Gasteiger partial charge in [-0.2, -0.15) is 0 Å². The third kappa shape index (κ3) is 4.85. The SMILES string of the molecule is COc1cc2ncnc(N3CCCC(CCNS(=O)O)CC3)c2cc1OC. The third-order valence-corrected chi connectivity index (χ3v) is 5.50. The van der Waals surface area contributed by atoms with Crippen molar-refractivity contribution >= 4 is 28.0 Å². The second-order valence-corrected chi connectivity index (χ2v) is 7.42. The lowest BCUT2D eigenvalue weighted by atomic mass is 9.97. The summed E-state index contributed by atoms with van der Waals surface area (Å²) < 4.78 is 32.9. The fourth-order valence-corrected chi connectivity index (χ4v) is 3.93. The number of nitrogens with one attached hydrogen (secondary N) is 1. The van der Waals surface area contributed by atoms with Crippen molar-refractivity contribution in [2.45, 2.75) is 25.7 Å². The number of nitrogens with zero attached hydrogens (tertiary/aromatic N) is 3. The molecule has 1 aromatic heterocycles. The van der Waals surface area contributed by atoms with E-state index in [1.165, 1.54) is 0 Å². The molecule has 27 heavy (non-hydrogen) atoms. The minimum absolute atomic E-state index is 0.536. The summed E-state index contributed by atoms with van der Waals surface area (Å²) in [6, 6.07) is 3.81. The molecule has 0 bridgehead atoms. The average Bonchev–Trinajstić information content (AvgIpc) is 2.91. The molecule has 0 radical (unpaired) electrons. The zero-order valence-electron chi connectivity index (χ0n) is 15.7. The predicted molar refractivity (Wildman–Crippen MR) is 106 cm³/mol. The van der Waals surface area contributed by atoms with Crippen molar-refractivity contribution in [3.8, 4) is 11.5 Å². The molecule has 2 atom stereocenters. The normalized spacial score (nSPS) is 18.9. The molecule has 1 fully saturated rings. The highest BCUT2D eigenvalue weighted by Crippen LogP contribution is 2.35. The van der Waals surface area contributed by atoms with Gasteiger partial charge in [-0.15, -0.1) is 0 Å². The number of methoxy groups -OCH3 is 2. The topological polar surface area (TPSA) is 96.8 Å². The fourth-order valence-electron chi connectivity index (χ4n) is 3.64. The molecule has 8 nitrogen and oxygen atoms in total. The van der Waals surface area contributed by atoms with E-state index in [9.17, 15) is 4.21 Å². The van der Waals surface area contributed by atoms with Crippen LogP contribution in [0.3, 0.4) is 0 Å². The second kappa shape index (κ2) is 9.29. The first-order valence-corrected chi connectivity index (χ1v) is 10.2. The predicted octanol–water partition coefficient (Wildman–Crippen LogP) is 2.37. The number of benzene rings is 1. The molecule has 1 aromatic carbocycles. The molecule has 0 aliphatic carbocycles. The van der Waals surface area contributed by atoms with Gasteiger partial charge in [0.2, 0.25) is 11.3 Å². The fraction of sp³-hybridized carbons (Fsp3) is 0.556. The van der Waals surface area contributed by atoms with Crippen LogP contribution in [0.25, 0.3) is 10.9 Å². The summed E-state index contributed by atoms with van der Waals surface area (Å²) in [6.07, 6.45) is 5.68. The molecule has 1 saturated heterocycles. The van der Waals surface area contributed by atoms with Crippen molar-refractivity contribution in [2.24, 2.45) is 5.92 Å². The minimum Gasteiger partial charge on any atom is -0.493 e. The maximum absolute atomic E-state index is 10.7. The van der Waals surface area contributed by atoms with Gasteiger partial charge < -0.3 is 14.4 Å². The van der Waals surface area contributed by atoms with Gasteiger partial charge in [0.1, 0.15) is 12.1 Å². The Morgan fingerprint density at radius 3 is 2.74 bits per heavy atom. The molecular formula is C18H26N4O4S. The molecule has 3 rings (SSSR count). The van der Waals surface area contributed by atoms with E-state index in [1.807, 2.05) is 12.1 Å². The number of rotatable bonds is 7. The van der Waals surface area contributed by atoms with Gasteiger partial charge in [-0.1, -0.05) is 0 Å². The molecule has 1 aliphatic rings. The highest BCUT2D eigenvalue weighted by molar-refractivity contribution is 7.77. The summed E-state index contributed by atoms with van der Waals surface area (Å²) in [5.74, 6) is 2.76. The average molecular weight is 394 g/mol. The van der Waals surface area contributed by atoms with Gasteiger partial charge in [0, 0.05) is 31.1 Å². The smallest absolute Gasteiger partial charge is 0.231 e. The van der Waals surface area contributed by atoms with E-state index in [0.29, 0.717) is 24.0 Å². The molecule has 2 N–H and O–H groups in total. The van der Waals surface area contributed by atoms with Gasteiger partial charge in [-0.25, -0.2) is 18.9 Å². The molecule has 2 aromatic rings. The van der Waals surface area contributed by atoms with Crippen LogP contribution in [0, 0.1) is 5.92 Å². The first-order chi connectivity index (χ1) is 13.1. The Morgan fingerprint density at radius 2 is 2.00 bits per heavy atom. The summed E-state index contributed by atoms with van der Waals surface area (Å²) >= 11 is -1.93. The van der Waals surface area contributed by atoms with Crippen LogP contribution >= 0.6 is 0 Å².